The van der Waals surface area contributed by atoms with E-state index in [9.17, 15) is 24.9 Å². The van der Waals surface area contributed by atoms with E-state index in [0.717, 1.165) is 19.3 Å². The van der Waals surface area contributed by atoms with E-state index >= 15 is 0 Å². The molecule has 10 nitrogen and oxygen atoms in total. The van der Waals surface area contributed by atoms with E-state index in [4.69, 9.17) is 4.74 Å². The van der Waals surface area contributed by atoms with Gasteiger partial charge < -0.3 is 20.1 Å². The molecule has 2 aromatic heterocycles. The van der Waals surface area contributed by atoms with Gasteiger partial charge in [-0.1, -0.05) is 26.7 Å². The number of aromatic nitrogens is 4. The zero-order valence-corrected chi connectivity index (χ0v) is 16.2. The summed E-state index contributed by atoms with van der Waals surface area (Å²) in [6.45, 7) is 4.22. The van der Waals surface area contributed by atoms with Crippen molar-refractivity contribution in [3.63, 3.8) is 0 Å². The fourth-order valence-electron chi connectivity index (χ4n) is 3.55. The highest BCUT2D eigenvalue weighted by Crippen LogP contribution is 2.31. The highest BCUT2D eigenvalue weighted by Gasteiger charge is 2.44. The summed E-state index contributed by atoms with van der Waals surface area (Å²) in [4.78, 5) is 30.1. The minimum Gasteiger partial charge on any atom is -0.394 e. The van der Waals surface area contributed by atoms with Crippen LogP contribution < -0.4 is 11.2 Å². The van der Waals surface area contributed by atoms with E-state index in [0.29, 0.717) is 19.5 Å². The lowest BCUT2D eigenvalue weighted by atomic mass is 10.1. The predicted octanol–water partition coefficient (Wildman–Crippen LogP) is -0.429. The van der Waals surface area contributed by atoms with Crippen molar-refractivity contribution in [3.05, 3.63) is 27.2 Å². The molecule has 1 unspecified atom stereocenters. The van der Waals surface area contributed by atoms with Gasteiger partial charge in [0.05, 0.1) is 12.9 Å². The molecule has 0 radical (unpaired) electrons. The van der Waals surface area contributed by atoms with Gasteiger partial charge in [0, 0.05) is 13.1 Å². The average molecular weight is 396 g/mol. The van der Waals surface area contributed by atoms with Crippen molar-refractivity contribution in [2.24, 2.45) is 0 Å². The highest BCUT2D eigenvalue weighted by molar-refractivity contribution is 5.70. The largest absolute Gasteiger partial charge is 0.394 e. The molecule has 10 heteroatoms. The van der Waals surface area contributed by atoms with Gasteiger partial charge >= 0.3 is 5.69 Å². The number of aliphatic hydroxyl groups is 3. The third-order valence-corrected chi connectivity index (χ3v) is 5.19. The normalized spacial score (nSPS) is 25.0. The van der Waals surface area contributed by atoms with Crippen LogP contribution in [0.2, 0.25) is 0 Å². The fraction of sp³-hybridized carbons (Fsp3) is 0.722. The van der Waals surface area contributed by atoms with Gasteiger partial charge in [-0.3, -0.25) is 18.5 Å². The van der Waals surface area contributed by atoms with E-state index in [1.165, 1.54) is 20.0 Å². The van der Waals surface area contributed by atoms with Crippen LogP contribution in [0.15, 0.2) is 15.9 Å². The lowest BCUT2D eigenvalue weighted by Crippen LogP contribution is -2.41. The van der Waals surface area contributed by atoms with E-state index < -0.39 is 42.4 Å². The van der Waals surface area contributed by atoms with Crippen LogP contribution >= 0.6 is 0 Å². The molecule has 3 heterocycles. The molecule has 3 rings (SSSR count). The number of nitrogens with zero attached hydrogens (tertiary/aromatic N) is 4. The molecule has 3 N–H and O–H groups in total. The second-order valence-electron chi connectivity index (χ2n) is 7.15. The Hall–Kier alpha value is -2.01. The maximum atomic E-state index is 13.0. The highest BCUT2D eigenvalue weighted by atomic mass is 16.6. The summed E-state index contributed by atoms with van der Waals surface area (Å²) in [5.41, 5.74) is -0.532. The second kappa shape index (κ2) is 8.56. The average Bonchev–Trinajstić information content (AvgIpc) is 3.24. The molecule has 2 aromatic rings. The van der Waals surface area contributed by atoms with Gasteiger partial charge in [0.25, 0.3) is 5.56 Å². The minimum absolute atomic E-state index is 0.115. The SMILES string of the molecule is CCCCn1c(=O)c2ncn(C3O[C@H](CO)[C@@H](O)[C@H]3O)c2n(CCCC)c1=O. The maximum Gasteiger partial charge on any atom is 0.332 e. The topological polar surface area (TPSA) is 132 Å². The Kier molecular flexibility index (Phi) is 6.33. The first-order valence-electron chi connectivity index (χ1n) is 9.78. The summed E-state index contributed by atoms with van der Waals surface area (Å²) >= 11 is 0. The lowest BCUT2D eigenvalue weighted by Gasteiger charge is -2.19. The number of unbranched alkanes of at least 4 members (excludes halogenated alkanes) is 2. The number of imidazole rings is 1. The minimum atomic E-state index is -1.33. The summed E-state index contributed by atoms with van der Waals surface area (Å²) in [6.07, 6.45) is -0.182. The molecule has 1 aliphatic heterocycles. The van der Waals surface area contributed by atoms with Crippen LogP contribution in [0.5, 0.6) is 0 Å². The standard InChI is InChI=1S/C18H28N4O6/c1-3-5-7-20-15-12(16(26)21(18(20)27)8-6-4-2)19-10-22(15)17-14(25)13(24)11(9-23)28-17/h10-11,13-14,17,23-25H,3-9H2,1-2H3/t11-,13-,14-,17?/m1/s1. The van der Waals surface area contributed by atoms with Crippen LogP contribution in [0.25, 0.3) is 11.2 Å². The molecule has 0 spiro atoms. The lowest BCUT2D eigenvalue weighted by molar-refractivity contribution is -0.0513. The third kappa shape index (κ3) is 3.41. The Morgan fingerprint density at radius 1 is 1.07 bits per heavy atom. The van der Waals surface area contributed by atoms with Crippen molar-refractivity contribution in [2.45, 2.75) is 77.2 Å². The molecule has 0 aromatic carbocycles. The van der Waals surface area contributed by atoms with Crippen LogP contribution in [0.1, 0.15) is 45.8 Å². The number of rotatable bonds is 8. The van der Waals surface area contributed by atoms with Gasteiger partial charge in [-0.25, -0.2) is 9.78 Å². The molecule has 4 atom stereocenters. The molecule has 0 aliphatic carbocycles. The second-order valence-corrected chi connectivity index (χ2v) is 7.15. The van der Waals surface area contributed by atoms with Crippen LogP contribution in [0.4, 0.5) is 0 Å². The zero-order chi connectivity index (χ0) is 20.4. The zero-order valence-electron chi connectivity index (χ0n) is 16.2. The van der Waals surface area contributed by atoms with Crippen molar-refractivity contribution in [1.82, 2.24) is 18.7 Å². The molecule has 0 bridgehead atoms. The van der Waals surface area contributed by atoms with Crippen molar-refractivity contribution < 1.29 is 20.1 Å². The van der Waals surface area contributed by atoms with E-state index in [-0.39, 0.29) is 11.2 Å². The van der Waals surface area contributed by atoms with Crippen LogP contribution in [-0.2, 0) is 17.8 Å². The molecule has 156 valence electrons. The van der Waals surface area contributed by atoms with Crippen LogP contribution in [0.3, 0.4) is 0 Å². The van der Waals surface area contributed by atoms with Gasteiger partial charge in [-0.05, 0) is 12.8 Å². The van der Waals surface area contributed by atoms with E-state index in [2.05, 4.69) is 4.98 Å². The fourth-order valence-corrected chi connectivity index (χ4v) is 3.55. The number of hydrogen-bond acceptors (Lipinski definition) is 7. The van der Waals surface area contributed by atoms with Gasteiger partial charge in [0.2, 0.25) is 0 Å². The van der Waals surface area contributed by atoms with E-state index in [1.807, 2.05) is 13.8 Å². The first kappa shape index (κ1) is 20.7. The van der Waals surface area contributed by atoms with Gasteiger partial charge in [-0.15, -0.1) is 0 Å². The number of aryl methyl sites for hydroxylation is 1. The number of hydrogen-bond donors (Lipinski definition) is 3. The van der Waals surface area contributed by atoms with Crippen molar-refractivity contribution in [1.29, 1.82) is 0 Å². The predicted molar refractivity (Wildman–Crippen MR) is 101 cm³/mol. The Labute approximate surface area is 161 Å². The molecular formula is C18H28N4O6. The summed E-state index contributed by atoms with van der Waals surface area (Å²) in [6, 6.07) is 0. The van der Waals surface area contributed by atoms with Crippen LogP contribution in [-0.4, -0.2) is 58.9 Å². The van der Waals surface area contributed by atoms with Gasteiger partial charge in [0.15, 0.2) is 17.4 Å². The van der Waals surface area contributed by atoms with Gasteiger partial charge in [0.1, 0.15) is 18.3 Å². The molecule has 0 saturated carbocycles. The molecule has 1 fully saturated rings. The summed E-state index contributed by atoms with van der Waals surface area (Å²) in [5, 5.41) is 29.7. The Balaban J connectivity index is 2.19. The maximum absolute atomic E-state index is 13.0. The van der Waals surface area contributed by atoms with E-state index in [1.54, 1.807) is 0 Å². The molecule has 0 amide bonds. The molecular weight excluding hydrogens is 368 g/mol. The molecule has 1 aliphatic rings. The Morgan fingerprint density at radius 3 is 2.29 bits per heavy atom. The molecule has 28 heavy (non-hydrogen) atoms. The summed E-state index contributed by atoms with van der Waals surface area (Å²) < 4.78 is 9.66. The first-order valence-corrected chi connectivity index (χ1v) is 9.78. The third-order valence-electron chi connectivity index (χ3n) is 5.19. The van der Waals surface area contributed by atoms with Crippen molar-refractivity contribution in [2.75, 3.05) is 6.61 Å². The first-order chi connectivity index (χ1) is 13.5. The number of fused-ring (bicyclic) bond motifs is 1. The van der Waals surface area contributed by atoms with Gasteiger partial charge in [-0.2, -0.15) is 0 Å². The Morgan fingerprint density at radius 2 is 1.71 bits per heavy atom. The number of ether oxygens (including phenoxy) is 1. The monoisotopic (exact) mass is 396 g/mol. The Bertz CT molecular complexity index is 933. The molecule has 1 saturated heterocycles. The summed E-state index contributed by atoms with van der Waals surface area (Å²) in [7, 11) is 0. The van der Waals surface area contributed by atoms with Crippen molar-refractivity contribution in [3.8, 4) is 0 Å². The van der Waals surface area contributed by atoms with Crippen molar-refractivity contribution >= 4 is 11.2 Å². The smallest absolute Gasteiger partial charge is 0.332 e. The van der Waals surface area contributed by atoms with Crippen LogP contribution in [0, 0.1) is 0 Å². The quantitative estimate of drug-likeness (QED) is 0.552. The number of aliphatic hydroxyl groups excluding tert-OH is 3. The summed E-state index contributed by atoms with van der Waals surface area (Å²) in [5.74, 6) is 0.